The molecule has 0 saturated carbocycles. The smallest absolute Gasteiger partial charge is 0.208 e. The van der Waals surface area contributed by atoms with Crippen molar-refractivity contribution in [3.05, 3.63) is 167 Å². The molecule has 0 radical (unpaired) electrons. The fourth-order valence-electron chi connectivity index (χ4n) is 6.30. The van der Waals surface area contributed by atoms with Gasteiger partial charge in [0.05, 0.1) is 21.2 Å². The summed E-state index contributed by atoms with van der Waals surface area (Å²) >= 11 is 13.4. The largest absolute Gasteiger partial charge is 0.417 e. The zero-order valence-corrected chi connectivity index (χ0v) is 31.1. The van der Waals surface area contributed by atoms with E-state index in [-0.39, 0.29) is 34.7 Å². The Bertz CT molecular complexity index is 2600. The van der Waals surface area contributed by atoms with E-state index in [1.165, 1.54) is 12.1 Å². The van der Waals surface area contributed by atoms with Crippen molar-refractivity contribution in [2.24, 2.45) is 0 Å². The Morgan fingerprint density at radius 1 is 0.310 bits per heavy atom. The summed E-state index contributed by atoms with van der Waals surface area (Å²) in [5.41, 5.74) is -3.51. The molecule has 0 aliphatic rings. The van der Waals surface area contributed by atoms with Gasteiger partial charge in [-0.1, -0.05) is 145 Å². The summed E-state index contributed by atoms with van der Waals surface area (Å²) in [6, 6.07) is 38.3. The summed E-state index contributed by atoms with van der Waals surface area (Å²) in [4.78, 5) is 27.0. The van der Waals surface area contributed by atoms with Crippen molar-refractivity contribution in [2.45, 2.75) is 12.4 Å². The Morgan fingerprint density at radius 3 is 0.810 bits per heavy atom. The van der Waals surface area contributed by atoms with E-state index in [4.69, 9.17) is 23.2 Å². The summed E-state index contributed by atoms with van der Waals surface area (Å²) in [6.45, 7) is 0. The number of halogens is 8. The lowest BCUT2D eigenvalue weighted by Gasteiger charge is -2.22. The Balaban J connectivity index is 1.32. The second-order valence-corrected chi connectivity index (χ2v) is 13.6. The number of benzene rings is 6. The quantitative estimate of drug-likeness (QED) is 0.149. The minimum absolute atomic E-state index is 0.0313. The van der Waals surface area contributed by atoms with Gasteiger partial charge in [-0.15, -0.1) is 0 Å². The Morgan fingerprint density at radius 2 is 0.552 bits per heavy atom. The van der Waals surface area contributed by atoms with Gasteiger partial charge in [0.2, 0.25) is 0 Å². The second-order valence-electron chi connectivity index (χ2n) is 12.8. The molecule has 0 N–H and O–H groups in total. The zero-order valence-electron chi connectivity index (χ0n) is 29.6. The third-order valence-corrected chi connectivity index (χ3v) is 9.55. The molecule has 0 aliphatic heterocycles. The highest BCUT2D eigenvalue weighted by Crippen LogP contribution is 2.50. The van der Waals surface area contributed by atoms with Gasteiger partial charge in [0, 0.05) is 44.5 Å². The molecule has 2 heterocycles. The van der Waals surface area contributed by atoms with Crippen molar-refractivity contribution in [3.63, 3.8) is 0 Å². The maximum atomic E-state index is 15.2. The van der Waals surface area contributed by atoms with Crippen molar-refractivity contribution in [3.8, 4) is 79.5 Å². The van der Waals surface area contributed by atoms with Crippen LogP contribution in [-0.4, -0.2) is 29.9 Å². The highest BCUT2D eigenvalue weighted by Gasteiger charge is 2.43. The summed E-state index contributed by atoms with van der Waals surface area (Å²) in [5.74, 6) is 0.228. The summed E-state index contributed by atoms with van der Waals surface area (Å²) < 4.78 is 91.0. The van der Waals surface area contributed by atoms with Gasteiger partial charge in [-0.3, -0.25) is 0 Å². The normalized spacial score (nSPS) is 11.8. The molecule has 0 saturated heterocycles. The van der Waals surface area contributed by atoms with Crippen LogP contribution in [0.1, 0.15) is 11.1 Å². The van der Waals surface area contributed by atoms with Crippen molar-refractivity contribution >= 4 is 23.2 Å². The van der Waals surface area contributed by atoms with Crippen LogP contribution in [0.3, 0.4) is 0 Å². The van der Waals surface area contributed by atoms with E-state index in [0.717, 1.165) is 0 Å². The van der Waals surface area contributed by atoms with Crippen LogP contribution in [0, 0.1) is 0 Å². The number of nitrogens with zero attached hydrogens (tertiary/aromatic N) is 6. The monoisotopic (exact) mass is 820 g/mol. The molecule has 286 valence electrons. The van der Waals surface area contributed by atoms with Crippen LogP contribution < -0.4 is 0 Å². The van der Waals surface area contributed by atoms with Gasteiger partial charge in [0.1, 0.15) is 0 Å². The maximum Gasteiger partial charge on any atom is 0.417 e. The van der Waals surface area contributed by atoms with Crippen LogP contribution in [0.5, 0.6) is 0 Å². The van der Waals surface area contributed by atoms with Crippen LogP contribution >= 0.6 is 23.2 Å². The van der Waals surface area contributed by atoms with Gasteiger partial charge < -0.3 is 0 Å². The Hall–Kier alpha value is -6.50. The molecule has 0 fully saturated rings. The molecule has 0 unspecified atom stereocenters. The maximum absolute atomic E-state index is 15.2. The average Bonchev–Trinajstić information content (AvgIpc) is 3.23. The first-order chi connectivity index (χ1) is 27.8. The fraction of sp³-hybridized carbons (Fsp3) is 0.0455. The SMILES string of the molecule is FC(F)(F)c1cc(-c2nc(-c3ccccc3)nc(-c3ccccc3)n2)cc(C(F)(F)F)c1-c1c(Cl)cc(-c2nc(-c3ccccc3)nc(-c3ccccc3)n2)cc1Cl. The predicted octanol–water partition coefficient (Wildman–Crippen LogP) is 13.1. The van der Waals surface area contributed by atoms with E-state index >= 15 is 26.3 Å². The first-order valence-corrected chi connectivity index (χ1v) is 18.2. The lowest BCUT2D eigenvalue weighted by molar-refractivity contribution is -0.142. The summed E-state index contributed by atoms with van der Waals surface area (Å²) in [7, 11) is 0. The number of aromatic nitrogens is 6. The van der Waals surface area contributed by atoms with Gasteiger partial charge in [-0.05, 0) is 24.3 Å². The number of rotatable bonds is 7. The lowest BCUT2D eigenvalue weighted by Crippen LogP contribution is -2.16. The lowest BCUT2D eigenvalue weighted by atomic mass is 9.90. The molecule has 2 aromatic heterocycles. The average molecular weight is 822 g/mol. The molecule has 0 spiro atoms. The van der Waals surface area contributed by atoms with Crippen molar-refractivity contribution in [1.82, 2.24) is 29.9 Å². The molecule has 58 heavy (non-hydrogen) atoms. The summed E-state index contributed by atoms with van der Waals surface area (Å²) in [5, 5.41) is -1.01. The topological polar surface area (TPSA) is 77.3 Å². The van der Waals surface area contributed by atoms with Crippen molar-refractivity contribution < 1.29 is 26.3 Å². The van der Waals surface area contributed by atoms with Gasteiger partial charge >= 0.3 is 12.4 Å². The van der Waals surface area contributed by atoms with Gasteiger partial charge in [0.15, 0.2) is 34.9 Å². The molecule has 0 amide bonds. The van der Waals surface area contributed by atoms with E-state index in [1.807, 2.05) is 12.1 Å². The molecule has 14 heteroatoms. The minimum atomic E-state index is -5.34. The predicted molar refractivity (Wildman–Crippen MR) is 211 cm³/mol. The fourth-order valence-corrected chi connectivity index (χ4v) is 6.98. The molecule has 6 nitrogen and oxygen atoms in total. The highest BCUT2D eigenvalue weighted by molar-refractivity contribution is 6.40. The van der Waals surface area contributed by atoms with Crippen molar-refractivity contribution in [1.29, 1.82) is 0 Å². The van der Waals surface area contributed by atoms with Crippen molar-refractivity contribution in [2.75, 3.05) is 0 Å². The second kappa shape index (κ2) is 15.4. The van der Waals surface area contributed by atoms with Gasteiger partial charge in [0.25, 0.3) is 0 Å². The number of hydrogen-bond donors (Lipinski definition) is 0. The number of hydrogen-bond acceptors (Lipinski definition) is 6. The van der Waals surface area contributed by atoms with Gasteiger partial charge in [-0.2, -0.15) is 26.3 Å². The van der Waals surface area contributed by atoms with E-state index in [0.29, 0.717) is 34.4 Å². The molecule has 0 aliphatic carbocycles. The van der Waals surface area contributed by atoms with E-state index in [9.17, 15) is 0 Å². The van der Waals surface area contributed by atoms with E-state index < -0.39 is 56.0 Å². The molecule has 6 aromatic carbocycles. The first kappa shape index (κ1) is 38.4. The van der Waals surface area contributed by atoms with Crippen LogP contribution in [0.15, 0.2) is 146 Å². The van der Waals surface area contributed by atoms with Crippen LogP contribution in [-0.2, 0) is 12.4 Å². The molecule has 8 aromatic rings. The van der Waals surface area contributed by atoms with E-state index in [1.54, 1.807) is 109 Å². The first-order valence-electron chi connectivity index (χ1n) is 17.4. The molecule has 0 bridgehead atoms. The van der Waals surface area contributed by atoms with E-state index in [2.05, 4.69) is 29.9 Å². The Kier molecular flexibility index (Phi) is 10.2. The number of alkyl halides is 6. The van der Waals surface area contributed by atoms with Crippen LogP contribution in [0.25, 0.3) is 79.5 Å². The third kappa shape index (κ3) is 7.89. The standard InChI is InChI=1S/C44H24Cl2F6N6/c45-33-23-30(42-57-39(27-17-9-3-10-18-27)54-40(58-42)28-19-11-4-12-20-28)24-34(46)36(33)35-31(43(47,48)49)21-29(22-32(35)44(50,51)52)41-55-37(25-13-5-1-6-14-25)53-38(56-41)26-15-7-2-8-16-26/h1-24H. The molecular formula is C44H24Cl2F6N6. The highest BCUT2D eigenvalue weighted by atomic mass is 35.5. The van der Waals surface area contributed by atoms with Crippen LogP contribution in [0.2, 0.25) is 10.0 Å². The molecule has 0 atom stereocenters. The van der Waals surface area contributed by atoms with Crippen LogP contribution in [0.4, 0.5) is 26.3 Å². The zero-order chi connectivity index (χ0) is 40.6. The molecular weight excluding hydrogens is 797 g/mol. The van der Waals surface area contributed by atoms with Gasteiger partial charge in [-0.25, -0.2) is 29.9 Å². The third-order valence-electron chi connectivity index (χ3n) is 8.96. The minimum Gasteiger partial charge on any atom is -0.208 e. The Labute approximate surface area is 336 Å². The molecule has 8 rings (SSSR count). The summed E-state index contributed by atoms with van der Waals surface area (Å²) in [6.07, 6.45) is -10.7.